The van der Waals surface area contributed by atoms with Gasteiger partial charge in [-0.2, -0.15) is 0 Å². The van der Waals surface area contributed by atoms with Crippen molar-refractivity contribution in [2.45, 2.75) is 12.5 Å². The Labute approximate surface area is 204 Å². The van der Waals surface area contributed by atoms with Gasteiger partial charge in [-0.05, 0) is 53.9 Å². The van der Waals surface area contributed by atoms with Gasteiger partial charge in [0.15, 0.2) is 11.5 Å². The summed E-state index contributed by atoms with van der Waals surface area (Å²) in [5, 5.41) is 5.95. The van der Waals surface area contributed by atoms with Gasteiger partial charge in [-0.3, -0.25) is 4.79 Å². The van der Waals surface area contributed by atoms with Crippen LogP contribution in [0.5, 0.6) is 17.2 Å². The average Bonchev–Trinajstić information content (AvgIpc) is 2.91. The topological polar surface area (TPSA) is 89.1 Å². The summed E-state index contributed by atoms with van der Waals surface area (Å²) in [6, 6.07) is 19.4. The lowest BCUT2D eigenvalue weighted by molar-refractivity contribution is 0.0936. The fraction of sp³-hybridized carbons (Fsp3) is 0.259. The third-order valence-corrected chi connectivity index (χ3v) is 6.10. The zero-order chi connectivity index (χ0) is 24.8. The third-order valence-electron chi connectivity index (χ3n) is 6.10. The number of rotatable bonds is 7. The van der Waals surface area contributed by atoms with E-state index in [1.165, 1.54) is 0 Å². The molecule has 0 radical (unpaired) electrons. The predicted molar refractivity (Wildman–Crippen MR) is 133 cm³/mol. The quantitative estimate of drug-likeness (QED) is 0.533. The molecule has 3 amide bonds. The van der Waals surface area contributed by atoms with Crippen LogP contribution in [0.2, 0.25) is 0 Å². The molecule has 2 N–H and O–H groups in total. The van der Waals surface area contributed by atoms with E-state index in [-0.39, 0.29) is 18.5 Å². The highest BCUT2D eigenvalue weighted by Gasteiger charge is 2.33. The smallest absolute Gasteiger partial charge is 0.322 e. The molecule has 1 aliphatic rings. The molecule has 35 heavy (non-hydrogen) atoms. The van der Waals surface area contributed by atoms with Crippen LogP contribution >= 0.6 is 0 Å². The Bertz CT molecular complexity index is 1200. The normalized spacial score (nSPS) is 14.5. The molecule has 0 saturated carbocycles. The summed E-state index contributed by atoms with van der Waals surface area (Å²) in [5.41, 5.74) is 3.08. The molecule has 0 spiro atoms. The number of carbonyl (C=O) groups excluding carboxylic acids is 2. The van der Waals surface area contributed by atoms with E-state index in [0.29, 0.717) is 41.5 Å². The van der Waals surface area contributed by atoms with Crippen LogP contribution in [0.3, 0.4) is 0 Å². The first kappa shape index (κ1) is 23.9. The first-order valence-corrected chi connectivity index (χ1v) is 11.3. The Balaban J connectivity index is 1.64. The molecule has 0 aromatic heterocycles. The fourth-order valence-corrected chi connectivity index (χ4v) is 4.31. The number of para-hydroxylation sites is 2. The molecule has 3 aromatic carbocycles. The van der Waals surface area contributed by atoms with Gasteiger partial charge in [0.05, 0.1) is 33.1 Å². The lowest BCUT2D eigenvalue weighted by Gasteiger charge is -2.38. The number of carbonyl (C=O) groups is 2. The van der Waals surface area contributed by atoms with Gasteiger partial charge in [0, 0.05) is 18.7 Å². The summed E-state index contributed by atoms with van der Waals surface area (Å²) < 4.78 is 16.4. The standard InChI is InChI=1S/C27H29N3O5/c1-33-23-12-8-7-11-21(23)29-27(32)30-14-13-19-15-24(34-2)25(35-3)16-20(19)22(30)17-28-26(31)18-9-5-4-6-10-18/h4-12,15-16,22H,13-14,17H2,1-3H3,(H,28,31)(H,29,32). The molecular weight excluding hydrogens is 446 g/mol. The molecular formula is C27H29N3O5. The van der Waals surface area contributed by atoms with Gasteiger partial charge >= 0.3 is 6.03 Å². The molecule has 8 nitrogen and oxygen atoms in total. The monoisotopic (exact) mass is 475 g/mol. The second kappa shape index (κ2) is 10.8. The van der Waals surface area contributed by atoms with Crippen molar-refractivity contribution in [2.75, 3.05) is 39.7 Å². The van der Waals surface area contributed by atoms with E-state index >= 15 is 0 Å². The van der Waals surface area contributed by atoms with Crippen LogP contribution in [0, 0.1) is 0 Å². The van der Waals surface area contributed by atoms with Crippen LogP contribution in [0.15, 0.2) is 66.7 Å². The van der Waals surface area contributed by atoms with Gasteiger partial charge < -0.3 is 29.7 Å². The number of amides is 3. The predicted octanol–water partition coefficient (Wildman–Crippen LogP) is 4.27. The van der Waals surface area contributed by atoms with Crippen molar-refractivity contribution >= 4 is 17.6 Å². The van der Waals surface area contributed by atoms with E-state index in [1.54, 1.807) is 50.5 Å². The summed E-state index contributed by atoms with van der Waals surface area (Å²) in [5.74, 6) is 1.56. The van der Waals surface area contributed by atoms with Gasteiger partial charge in [0.25, 0.3) is 5.91 Å². The molecule has 0 saturated heterocycles. The zero-order valence-electron chi connectivity index (χ0n) is 20.0. The molecule has 0 fully saturated rings. The molecule has 3 aromatic rings. The van der Waals surface area contributed by atoms with E-state index in [4.69, 9.17) is 14.2 Å². The number of fused-ring (bicyclic) bond motifs is 1. The Kier molecular flexibility index (Phi) is 7.40. The number of nitrogens with one attached hydrogen (secondary N) is 2. The van der Waals surface area contributed by atoms with Gasteiger partial charge in [-0.15, -0.1) is 0 Å². The van der Waals surface area contributed by atoms with Gasteiger partial charge in [0.2, 0.25) is 0 Å². The zero-order valence-corrected chi connectivity index (χ0v) is 20.0. The van der Waals surface area contributed by atoms with Crippen LogP contribution in [0.25, 0.3) is 0 Å². The Morgan fingerprint density at radius 3 is 2.26 bits per heavy atom. The second-order valence-corrected chi connectivity index (χ2v) is 8.07. The highest BCUT2D eigenvalue weighted by Crippen LogP contribution is 2.38. The molecule has 0 bridgehead atoms. The Hall–Kier alpha value is -4.20. The number of methoxy groups -OCH3 is 3. The van der Waals surface area contributed by atoms with Crippen LogP contribution in [0.1, 0.15) is 27.5 Å². The first-order valence-electron chi connectivity index (χ1n) is 11.3. The number of anilines is 1. The van der Waals surface area contributed by atoms with Crippen molar-refractivity contribution in [1.82, 2.24) is 10.2 Å². The largest absolute Gasteiger partial charge is 0.495 e. The van der Waals surface area contributed by atoms with E-state index in [9.17, 15) is 9.59 Å². The maximum absolute atomic E-state index is 13.4. The lowest BCUT2D eigenvalue weighted by atomic mass is 9.91. The van der Waals surface area contributed by atoms with E-state index in [0.717, 1.165) is 11.1 Å². The lowest BCUT2D eigenvalue weighted by Crippen LogP contribution is -2.46. The number of ether oxygens (including phenoxy) is 3. The summed E-state index contributed by atoms with van der Waals surface area (Å²) in [6.45, 7) is 0.699. The molecule has 1 unspecified atom stereocenters. The van der Waals surface area contributed by atoms with Crippen molar-refractivity contribution in [3.05, 3.63) is 83.4 Å². The van der Waals surface area contributed by atoms with Crippen molar-refractivity contribution in [2.24, 2.45) is 0 Å². The number of nitrogens with zero attached hydrogens (tertiary/aromatic N) is 1. The minimum Gasteiger partial charge on any atom is -0.495 e. The van der Waals surface area contributed by atoms with E-state index in [2.05, 4.69) is 10.6 Å². The van der Waals surface area contributed by atoms with E-state index < -0.39 is 6.04 Å². The first-order chi connectivity index (χ1) is 17.0. The number of benzene rings is 3. The summed E-state index contributed by atoms with van der Waals surface area (Å²) >= 11 is 0. The molecule has 0 aliphatic carbocycles. The van der Waals surface area contributed by atoms with Crippen molar-refractivity contribution in [1.29, 1.82) is 0 Å². The fourth-order valence-electron chi connectivity index (χ4n) is 4.31. The van der Waals surface area contributed by atoms with Crippen LogP contribution < -0.4 is 24.8 Å². The molecule has 1 aliphatic heterocycles. The maximum Gasteiger partial charge on any atom is 0.322 e. The van der Waals surface area contributed by atoms with Gasteiger partial charge in [0.1, 0.15) is 5.75 Å². The number of hydrogen-bond acceptors (Lipinski definition) is 5. The van der Waals surface area contributed by atoms with Crippen molar-refractivity contribution < 1.29 is 23.8 Å². The maximum atomic E-state index is 13.4. The summed E-state index contributed by atoms with van der Waals surface area (Å²) in [7, 11) is 4.73. The average molecular weight is 476 g/mol. The Morgan fingerprint density at radius 2 is 1.54 bits per heavy atom. The minimum atomic E-state index is -0.416. The van der Waals surface area contributed by atoms with Crippen molar-refractivity contribution in [3.8, 4) is 17.2 Å². The summed E-state index contributed by atoms with van der Waals surface area (Å²) in [6.07, 6.45) is 0.637. The number of urea groups is 1. The molecule has 1 heterocycles. The van der Waals surface area contributed by atoms with Gasteiger partial charge in [-0.1, -0.05) is 30.3 Å². The molecule has 1 atom stereocenters. The second-order valence-electron chi connectivity index (χ2n) is 8.07. The van der Waals surface area contributed by atoms with E-state index in [1.807, 2.05) is 42.5 Å². The third kappa shape index (κ3) is 5.16. The molecule has 182 valence electrons. The number of hydrogen-bond donors (Lipinski definition) is 2. The highest BCUT2D eigenvalue weighted by molar-refractivity contribution is 5.94. The molecule has 4 rings (SSSR count). The van der Waals surface area contributed by atoms with Crippen molar-refractivity contribution in [3.63, 3.8) is 0 Å². The minimum absolute atomic E-state index is 0.205. The summed E-state index contributed by atoms with van der Waals surface area (Å²) in [4.78, 5) is 27.9. The SMILES string of the molecule is COc1ccccc1NC(=O)N1CCc2cc(OC)c(OC)cc2C1CNC(=O)c1ccccc1. The highest BCUT2D eigenvalue weighted by atomic mass is 16.5. The van der Waals surface area contributed by atoms with Crippen LogP contribution in [-0.2, 0) is 6.42 Å². The van der Waals surface area contributed by atoms with Crippen LogP contribution in [-0.4, -0.2) is 51.3 Å². The Morgan fingerprint density at radius 1 is 0.886 bits per heavy atom. The van der Waals surface area contributed by atoms with Gasteiger partial charge in [-0.25, -0.2) is 4.79 Å². The molecule has 8 heteroatoms. The van der Waals surface area contributed by atoms with Crippen LogP contribution in [0.4, 0.5) is 10.5 Å².